The van der Waals surface area contributed by atoms with Crippen LogP contribution in [0.15, 0.2) is 22.7 Å². The molecule has 0 fully saturated rings. The van der Waals surface area contributed by atoms with E-state index in [-0.39, 0.29) is 0 Å². The summed E-state index contributed by atoms with van der Waals surface area (Å²) in [5, 5.41) is 0. The van der Waals surface area contributed by atoms with Crippen LogP contribution in [0.2, 0.25) is 19.6 Å². The molecule has 0 aromatic heterocycles. The van der Waals surface area contributed by atoms with Crippen LogP contribution in [-0.4, -0.2) is 15.2 Å². The van der Waals surface area contributed by atoms with Crippen molar-refractivity contribution in [3.63, 3.8) is 0 Å². The molecule has 0 aliphatic rings. The van der Waals surface area contributed by atoms with E-state index >= 15 is 0 Å². The van der Waals surface area contributed by atoms with Gasteiger partial charge in [0.25, 0.3) is 0 Å². The average molecular weight is 297 g/mol. The second-order valence-corrected chi connectivity index (χ2v) is 10.3. The topological polar surface area (TPSA) is 9.23 Å². The van der Waals surface area contributed by atoms with Crippen molar-refractivity contribution in [3.05, 3.63) is 28.2 Å². The fraction of sp³-hybridized carbons (Fsp3) is 0.385. The van der Waals surface area contributed by atoms with E-state index in [1.807, 2.05) is 6.07 Å². The van der Waals surface area contributed by atoms with Crippen molar-refractivity contribution in [2.45, 2.75) is 26.1 Å². The monoisotopic (exact) mass is 296 g/mol. The molecule has 1 nitrogen and oxygen atoms in total. The summed E-state index contributed by atoms with van der Waals surface area (Å²) in [5.74, 6) is 4.12. The standard InChI is InChI=1S/C13H17BrOSi/c1-15-13-8-7-11(10-12(13)14)6-5-9-16(2,3)4/h7-8,10H,6H2,1-4H3. The van der Waals surface area contributed by atoms with E-state index in [0.29, 0.717) is 0 Å². The second kappa shape index (κ2) is 5.56. The largest absolute Gasteiger partial charge is 0.496 e. The van der Waals surface area contributed by atoms with Crippen LogP contribution in [0.3, 0.4) is 0 Å². The van der Waals surface area contributed by atoms with Crippen molar-refractivity contribution in [2.24, 2.45) is 0 Å². The molecule has 0 unspecified atom stereocenters. The first-order chi connectivity index (χ1) is 7.42. The third kappa shape index (κ3) is 4.42. The summed E-state index contributed by atoms with van der Waals surface area (Å²) in [4.78, 5) is 0. The maximum atomic E-state index is 5.18. The molecule has 0 saturated heterocycles. The number of methoxy groups -OCH3 is 1. The molecule has 0 N–H and O–H groups in total. The fourth-order valence-corrected chi connectivity index (χ4v) is 2.44. The zero-order chi connectivity index (χ0) is 12.2. The fourth-order valence-electron chi connectivity index (χ4n) is 1.23. The molecular weight excluding hydrogens is 280 g/mol. The first-order valence-electron chi connectivity index (χ1n) is 5.25. The molecular formula is C13H17BrOSi. The van der Waals surface area contributed by atoms with Gasteiger partial charge in [-0.1, -0.05) is 25.7 Å². The molecule has 0 saturated carbocycles. The molecule has 0 amide bonds. The number of hydrogen-bond acceptors (Lipinski definition) is 1. The van der Waals surface area contributed by atoms with Gasteiger partial charge in [-0.3, -0.25) is 0 Å². The maximum absolute atomic E-state index is 5.18. The molecule has 3 heteroatoms. The smallest absolute Gasteiger partial charge is 0.133 e. The molecule has 0 heterocycles. The van der Waals surface area contributed by atoms with Crippen molar-refractivity contribution in [2.75, 3.05) is 7.11 Å². The SMILES string of the molecule is COc1ccc(CC#C[Si](C)(C)C)cc1Br. The van der Waals surface area contributed by atoms with Crippen LogP contribution in [0.4, 0.5) is 0 Å². The van der Waals surface area contributed by atoms with E-state index in [0.717, 1.165) is 16.6 Å². The van der Waals surface area contributed by atoms with Gasteiger partial charge in [0.05, 0.1) is 11.6 Å². The van der Waals surface area contributed by atoms with Crippen LogP contribution < -0.4 is 4.74 Å². The van der Waals surface area contributed by atoms with Crippen LogP contribution in [0.25, 0.3) is 0 Å². The second-order valence-electron chi connectivity index (χ2n) is 4.70. The van der Waals surface area contributed by atoms with Gasteiger partial charge in [-0.25, -0.2) is 0 Å². The van der Waals surface area contributed by atoms with Gasteiger partial charge in [0.2, 0.25) is 0 Å². The lowest BCUT2D eigenvalue weighted by Gasteiger charge is -2.05. The van der Waals surface area contributed by atoms with Crippen LogP contribution in [-0.2, 0) is 6.42 Å². The Morgan fingerprint density at radius 3 is 2.50 bits per heavy atom. The molecule has 1 rings (SSSR count). The lowest BCUT2D eigenvalue weighted by Crippen LogP contribution is -2.16. The van der Waals surface area contributed by atoms with E-state index in [4.69, 9.17) is 4.74 Å². The third-order valence-corrected chi connectivity index (χ3v) is 3.52. The maximum Gasteiger partial charge on any atom is 0.133 e. The summed E-state index contributed by atoms with van der Waals surface area (Å²) >= 11 is 3.47. The first kappa shape index (κ1) is 13.3. The highest BCUT2D eigenvalue weighted by Crippen LogP contribution is 2.25. The zero-order valence-corrected chi connectivity index (χ0v) is 12.8. The molecule has 16 heavy (non-hydrogen) atoms. The lowest BCUT2D eigenvalue weighted by atomic mass is 10.1. The lowest BCUT2D eigenvalue weighted by molar-refractivity contribution is 0.412. The van der Waals surface area contributed by atoms with Gasteiger partial charge < -0.3 is 4.74 Å². The molecule has 86 valence electrons. The van der Waals surface area contributed by atoms with Gasteiger partial charge in [-0.15, -0.1) is 11.5 Å². The summed E-state index contributed by atoms with van der Waals surface area (Å²) in [6.45, 7) is 6.76. The van der Waals surface area contributed by atoms with Gasteiger partial charge in [0.1, 0.15) is 13.8 Å². The Morgan fingerprint density at radius 2 is 2.00 bits per heavy atom. The first-order valence-corrected chi connectivity index (χ1v) is 9.54. The van der Waals surface area contributed by atoms with Crippen molar-refractivity contribution in [1.29, 1.82) is 0 Å². The van der Waals surface area contributed by atoms with E-state index < -0.39 is 8.07 Å². The van der Waals surface area contributed by atoms with Crippen molar-refractivity contribution in [1.82, 2.24) is 0 Å². The molecule has 0 bridgehead atoms. The Balaban J connectivity index is 2.75. The van der Waals surface area contributed by atoms with Crippen molar-refractivity contribution < 1.29 is 4.74 Å². The van der Waals surface area contributed by atoms with Gasteiger partial charge in [0, 0.05) is 6.42 Å². The summed E-state index contributed by atoms with van der Waals surface area (Å²) in [6, 6.07) is 6.09. The normalized spacial score (nSPS) is 10.6. The van der Waals surface area contributed by atoms with Crippen LogP contribution in [0.5, 0.6) is 5.75 Å². The molecule has 1 aromatic carbocycles. The van der Waals surface area contributed by atoms with E-state index in [1.54, 1.807) is 7.11 Å². The zero-order valence-electron chi connectivity index (χ0n) is 10.2. The Morgan fingerprint density at radius 1 is 1.31 bits per heavy atom. The van der Waals surface area contributed by atoms with E-state index in [2.05, 4.69) is 59.2 Å². The van der Waals surface area contributed by atoms with Crippen LogP contribution in [0, 0.1) is 11.5 Å². The molecule has 1 aromatic rings. The summed E-state index contributed by atoms with van der Waals surface area (Å²) in [6.07, 6.45) is 0.812. The van der Waals surface area contributed by atoms with Crippen LogP contribution >= 0.6 is 15.9 Å². The van der Waals surface area contributed by atoms with E-state index in [9.17, 15) is 0 Å². The van der Waals surface area contributed by atoms with Crippen molar-refractivity contribution in [3.8, 4) is 17.2 Å². The molecule has 0 aliphatic heterocycles. The summed E-state index contributed by atoms with van der Waals surface area (Å²) in [5.41, 5.74) is 4.58. The number of ether oxygens (including phenoxy) is 1. The molecule has 0 spiro atoms. The third-order valence-electron chi connectivity index (χ3n) is 1.97. The molecule has 0 aliphatic carbocycles. The minimum atomic E-state index is -1.24. The highest BCUT2D eigenvalue weighted by Gasteiger charge is 2.07. The number of halogens is 1. The minimum Gasteiger partial charge on any atom is -0.496 e. The predicted octanol–water partition coefficient (Wildman–Crippen LogP) is 3.88. The van der Waals surface area contributed by atoms with Crippen LogP contribution in [0.1, 0.15) is 5.56 Å². The Labute approximate surface area is 107 Å². The van der Waals surface area contributed by atoms with Gasteiger partial charge in [-0.05, 0) is 33.6 Å². The Kier molecular flexibility index (Phi) is 4.64. The highest BCUT2D eigenvalue weighted by molar-refractivity contribution is 9.10. The highest BCUT2D eigenvalue weighted by atomic mass is 79.9. The predicted molar refractivity (Wildman–Crippen MR) is 75.5 cm³/mol. The quantitative estimate of drug-likeness (QED) is 0.594. The average Bonchev–Trinajstić information content (AvgIpc) is 2.16. The summed E-state index contributed by atoms with van der Waals surface area (Å²) < 4.78 is 6.17. The molecule has 0 radical (unpaired) electrons. The number of hydrogen-bond donors (Lipinski definition) is 0. The molecule has 0 atom stereocenters. The Hall–Kier alpha value is -0.723. The van der Waals surface area contributed by atoms with Gasteiger partial charge in [-0.2, -0.15) is 0 Å². The van der Waals surface area contributed by atoms with E-state index in [1.165, 1.54) is 5.56 Å². The minimum absolute atomic E-state index is 0.812. The number of rotatable bonds is 2. The Bertz CT molecular complexity index is 424. The number of benzene rings is 1. The van der Waals surface area contributed by atoms with Crippen molar-refractivity contribution >= 4 is 24.0 Å². The van der Waals surface area contributed by atoms with Gasteiger partial charge in [0.15, 0.2) is 0 Å². The van der Waals surface area contributed by atoms with Gasteiger partial charge >= 0.3 is 0 Å². The summed E-state index contributed by atoms with van der Waals surface area (Å²) in [7, 11) is 0.431.